The van der Waals surface area contributed by atoms with Crippen molar-refractivity contribution < 1.29 is 35.3 Å². The van der Waals surface area contributed by atoms with Crippen LogP contribution in [0.25, 0.3) is 21.5 Å². The Morgan fingerprint density at radius 1 is 0.776 bits per heavy atom. The minimum atomic E-state index is -4.36. The molecule has 0 saturated heterocycles. The largest absolute Gasteiger partial charge is 0.344 e. The van der Waals surface area contributed by atoms with Crippen LogP contribution in [0.3, 0.4) is 0 Å². The highest BCUT2D eigenvalue weighted by Gasteiger charge is 2.45. The Hall–Kier alpha value is -4.92. The lowest BCUT2D eigenvalue weighted by Crippen LogP contribution is -2.29. The smallest absolute Gasteiger partial charge is 0.294 e. The number of nitrogens with zero attached hydrogens (tertiary/aromatic N) is 2. The summed E-state index contributed by atoms with van der Waals surface area (Å²) in [5.74, 6) is 4.80. The van der Waals surface area contributed by atoms with E-state index in [0.717, 1.165) is 57.3 Å². The number of rotatable bonds is 16. The average molecular weight is 826 g/mol. The Bertz CT molecular complexity index is 2620. The van der Waals surface area contributed by atoms with Gasteiger partial charge in [0.05, 0.1) is 16.1 Å². The van der Waals surface area contributed by atoms with E-state index in [1.165, 1.54) is 23.1 Å². The van der Waals surface area contributed by atoms with Crippen molar-refractivity contribution >= 4 is 64.8 Å². The van der Waals surface area contributed by atoms with Crippen LogP contribution < -0.4 is 16.2 Å². The van der Waals surface area contributed by atoms with E-state index >= 15 is 0 Å². The van der Waals surface area contributed by atoms with Gasteiger partial charge in [-0.2, -0.15) is 21.4 Å². The molecule has 2 heterocycles. The molecule has 0 atom stereocenters. The molecule has 2 aliphatic rings. The third kappa shape index (κ3) is 9.03. The molecule has 4 aromatic carbocycles. The fourth-order valence-corrected chi connectivity index (χ4v) is 9.68. The molecule has 0 spiro atoms. The monoisotopic (exact) mass is 825 g/mol. The van der Waals surface area contributed by atoms with Gasteiger partial charge in [-0.25, -0.2) is 5.84 Å². The quantitative estimate of drug-likeness (QED) is 0.0166. The van der Waals surface area contributed by atoms with Crippen molar-refractivity contribution in [3.05, 3.63) is 126 Å². The maximum Gasteiger partial charge on any atom is 0.294 e. The zero-order valence-electron chi connectivity index (χ0n) is 33.5. The second-order valence-electron chi connectivity index (χ2n) is 16.0. The summed E-state index contributed by atoms with van der Waals surface area (Å²) in [6.45, 7) is 10.1. The third-order valence-electron chi connectivity index (χ3n) is 11.3. The van der Waals surface area contributed by atoms with Crippen LogP contribution in [-0.2, 0) is 35.9 Å². The number of allylic oxidation sites excluding steroid dienone is 8. The third-order valence-corrected chi connectivity index (χ3v) is 13.0. The van der Waals surface area contributed by atoms with Crippen molar-refractivity contribution in [2.75, 3.05) is 23.7 Å². The first-order chi connectivity index (χ1) is 27.4. The van der Waals surface area contributed by atoms with Crippen LogP contribution in [-0.4, -0.2) is 61.0 Å². The molecule has 1 amide bonds. The fraction of sp³-hybridized carbons (Fsp3) is 0.333. The number of nitrogens with two attached hydrogens (primary N) is 1. The van der Waals surface area contributed by atoms with Crippen molar-refractivity contribution in [1.82, 2.24) is 5.43 Å². The number of benzene rings is 4. The lowest BCUT2D eigenvalue weighted by molar-refractivity contribution is -0.438. The molecular formula is C45H53N4O7S2+. The Labute approximate surface area is 341 Å². The second kappa shape index (κ2) is 17.1. The Kier molecular flexibility index (Phi) is 12.6. The maximum absolute atomic E-state index is 11.9. The molecule has 58 heavy (non-hydrogen) atoms. The number of unbranched alkanes of at least 4 members (excludes halogenated alkanes) is 3. The van der Waals surface area contributed by atoms with Gasteiger partial charge in [-0.15, -0.1) is 0 Å². The molecule has 0 fully saturated rings. The summed E-state index contributed by atoms with van der Waals surface area (Å²) in [7, 11) is -8.39. The lowest BCUT2D eigenvalue weighted by Gasteiger charge is -2.27. The summed E-state index contributed by atoms with van der Waals surface area (Å²) < 4.78 is 67.9. The zero-order chi connectivity index (χ0) is 41.9. The number of carbonyl (C=O) groups is 1. The molecule has 6 rings (SSSR count). The lowest BCUT2D eigenvalue weighted by atomic mass is 9.79. The molecular weight excluding hydrogens is 773 g/mol. The van der Waals surface area contributed by atoms with Crippen LogP contribution in [0.15, 0.2) is 120 Å². The predicted octanol–water partition coefficient (Wildman–Crippen LogP) is 8.18. The number of hydrogen-bond acceptors (Lipinski definition) is 7. The van der Waals surface area contributed by atoms with Crippen molar-refractivity contribution in [3.63, 3.8) is 0 Å². The van der Waals surface area contributed by atoms with E-state index in [4.69, 9.17) is 5.84 Å². The molecule has 11 nitrogen and oxygen atoms in total. The highest BCUT2D eigenvalue weighted by atomic mass is 32.2. The summed E-state index contributed by atoms with van der Waals surface area (Å²) in [5.41, 5.74) is 8.01. The number of hydrazine groups is 1. The highest BCUT2D eigenvalue weighted by molar-refractivity contribution is 7.86. The van der Waals surface area contributed by atoms with Gasteiger partial charge in [0.15, 0.2) is 5.71 Å². The number of carbonyl (C=O) groups excluding carboxylic acids is 1. The molecule has 2 aliphatic heterocycles. The predicted molar refractivity (Wildman–Crippen MR) is 233 cm³/mol. The van der Waals surface area contributed by atoms with Crippen LogP contribution >= 0.6 is 0 Å². The molecule has 4 aromatic rings. The zero-order valence-corrected chi connectivity index (χ0v) is 35.1. The van der Waals surface area contributed by atoms with Gasteiger partial charge in [0.25, 0.3) is 20.2 Å². The van der Waals surface area contributed by atoms with Gasteiger partial charge in [0, 0.05) is 53.9 Å². The number of anilines is 1. The summed E-state index contributed by atoms with van der Waals surface area (Å²) in [6.07, 6.45) is 17.9. The molecule has 13 heteroatoms. The molecule has 5 N–H and O–H groups in total. The van der Waals surface area contributed by atoms with Crippen LogP contribution in [0.5, 0.6) is 0 Å². The molecule has 0 unspecified atom stereocenters. The van der Waals surface area contributed by atoms with Crippen molar-refractivity contribution in [1.29, 1.82) is 0 Å². The molecule has 0 aliphatic carbocycles. The van der Waals surface area contributed by atoms with E-state index in [1.54, 1.807) is 6.07 Å². The minimum absolute atomic E-state index is 0.148. The van der Waals surface area contributed by atoms with Gasteiger partial charge in [0.2, 0.25) is 11.6 Å². The second-order valence-corrected chi connectivity index (χ2v) is 19.0. The van der Waals surface area contributed by atoms with Crippen LogP contribution in [0.1, 0.15) is 77.3 Å². The normalized spacial score (nSPS) is 17.2. The summed E-state index contributed by atoms with van der Waals surface area (Å²) in [6, 6.07) is 21.2. The van der Waals surface area contributed by atoms with E-state index < -0.39 is 25.7 Å². The maximum atomic E-state index is 11.9. The van der Waals surface area contributed by atoms with Gasteiger partial charge in [-0.3, -0.25) is 19.3 Å². The first-order valence-electron chi connectivity index (χ1n) is 19.6. The van der Waals surface area contributed by atoms with E-state index in [2.05, 4.69) is 79.0 Å². The van der Waals surface area contributed by atoms with E-state index in [-0.39, 0.29) is 22.0 Å². The number of hydrogen-bond donors (Lipinski definition) is 4. The number of fused-ring (bicyclic) bond motifs is 6. The molecule has 306 valence electrons. The molecule has 0 saturated carbocycles. The Morgan fingerprint density at radius 2 is 1.48 bits per heavy atom. The molecule has 0 radical (unpaired) electrons. The van der Waals surface area contributed by atoms with Gasteiger partial charge in [-0.1, -0.05) is 87.0 Å². The van der Waals surface area contributed by atoms with Crippen molar-refractivity contribution in [2.24, 2.45) is 5.84 Å². The van der Waals surface area contributed by atoms with E-state index in [9.17, 15) is 30.7 Å². The fourth-order valence-electron chi connectivity index (χ4n) is 8.59. The average Bonchev–Trinajstić information content (AvgIpc) is 3.52. The van der Waals surface area contributed by atoms with Crippen molar-refractivity contribution in [3.8, 4) is 0 Å². The van der Waals surface area contributed by atoms with Gasteiger partial charge in [0.1, 0.15) is 6.54 Å². The summed E-state index contributed by atoms with van der Waals surface area (Å²) >= 11 is 0. The molecule has 0 aromatic heterocycles. The van der Waals surface area contributed by atoms with Gasteiger partial charge in [-0.05, 0) is 90.6 Å². The first kappa shape index (κ1) is 42.7. The molecule has 0 bridgehead atoms. The standard InChI is InChI=1S/C45H52N4O7S2/c1-44(2)39(49(29-15-16-30-57(51,52)53)37-26-22-32-17-12-13-18-35(32)42(37)44)19-9-6-5-7-10-20-40-45(3,4)43-36-25-24-34(58(54,55)56)31-33(36)23-27-38(43)48(40)28-14-8-11-21-41(50)47-46/h5-7,9-10,12-13,17-20,22-27,31H,8,11,14-16,21,28-30,46H2,1-4H3,(H2-,47,50,51,52,53,54,55,56)/p+1. The highest BCUT2D eigenvalue weighted by Crippen LogP contribution is 2.51. The van der Waals surface area contributed by atoms with E-state index in [1.807, 2.05) is 54.6 Å². The van der Waals surface area contributed by atoms with Gasteiger partial charge >= 0.3 is 0 Å². The number of amides is 1. The van der Waals surface area contributed by atoms with Gasteiger partial charge < -0.3 is 4.90 Å². The summed E-state index contributed by atoms with van der Waals surface area (Å²) in [5, 5.41) is 3.97. The van der Waals surface area contributed by atoms with E-state index in [0.29, 0.717) is 38.8 Å². The Balaban J connectivity index is 1.26. The summed E-state index contributed by atoms with van der Waals surface area (Å²) in [4.78, 5) is 13.8. The topological polar surface area (TPSA) is 170 Å². The SMILES string of the molecule is CC1(C)C(=CC=CC=CC=CC2=[N+](CCCCS(=O)(=O)O)c3ccc4ccccc4c3C2(C)C)N(CCCCCC(=O)NN)c2ccc3cc(S(=O)(=O)O)ccc3c21. The van der Waals surface area contributed by atoms with Crippen LogP contribution in [0, 0.1) is 0 Å². The van der Waals surface area contributed by atoms with Crippen LogP contribution in [0.4, 0.5) is 11.4 Å². The first-order valence-corrected chi connectivity index (χ1v) is 22.7. The van der Waals surface area contributed by atoms with Crippen molar-refractivity contribution in [2.45, 2.75) is 81.9 Å². The minimum Gasteiger partial charge on any atom is -0.344 e. The van der Waals surface area contributed by atoms with Crippen LogP contribution in [0.2, 0.25) is 0 Å². The Morgan fingerprint density at radius 3 is 2.22 bits per heavy atom. The number of nitrogens with one attached hydrogen (secondary N) is 1.